The van der Waals surface area contributed by atoms with Crippen molar-refractivity contribution in [2.24, 2.45) is 0 Å². The molecule has 30 heavy (non-hydrogen) atoms. The van der Waals surface area contributed by atoms with E-state index in [-0.39, 0.29) is 4.90 Å². The lowest BCUT2D eigenvalue weighted by molar-refractivity contribution is 0.0730. The minimum absolute atomic E-state index is 0.222. The summed E-state index contributed by atoms with van der Waals surface area (Å²) in [5.41, 5.74) is 9.68. The van der Waals surface area contributed by atoms with Gasteiger partial charge in [-0.3, -0.25) is 0 Å². The Morgan fingerprint density at radius 1 is 1.10 bits per heavy atom. The number of rotatable bonds is 5. The number of morpholine rings is 1. The second-order valence-electron chi connectivity index (χ2n) is 7.02. The second-order valence-corrected chi connectivity index (χ2v) is 8.95. The van der Waals surface area contributed by atoms with Crippen molar-refractivity contribution in [1.82, 2.24) is 14.3 Å². The van der Waals surface area contributed by atoms with E-state index in [0.717, 1.165) is 16.8 Å². The first-order valence-corrected chi connectivity index (χ1v) is 11.0. The molecule has 0 bridgehead atoms. The number of aryl methyl sites for hydroxylation is 1. The molecule has 1 fully saturated rings. The van der Waals surface area contributed by atoms with E-state index in [4.69, 9.17) is 10.5 Å². The minimum Gasteiger partial charge on any atom is -0.399 e. The highest BCUT2D eigenvalue weighted by atomic mass is 32.2. The molecule has 156 valence electrons. The van der Waals surface area contributed by atoms with Crippen LogP contribution < -0.4 is 11.1 Å². The van der Waals surface area contributed by atoms with Crippen molar-refractivity contribution in [2.45, 2.75) is 11.8 Å². The molecular weight excluding hydrogens is 402 g/mol. The van der Waals surface area contributed by atoms with E-state index in [9.17, 15) is 8.42 Å². The molecule has 0 amide bonds. The fraction of sp³-hybridized carbons (Fsp3) is 0.238. The number of anilines is 3. The molecule has 3 N–H and O–H groups in total. The third-order valence-electron chi connectivity index (χ3n) is 4.85. The zero-order valence-corrected chi connectivity index (χ0v) is 17.4. The van der Waals surface area contributed by atoms with Crippen LogP contribution in [-0.2, 0) is 14.8 Å². The summed E-state index contributed by atoms with van der Waals surface area (Å²) in [5, 5.41) is 3.11. The Labute approximate surface area is 175 Å². The van der Waals surface area contributed by atoms with Crippen molar-refractivity contribution in [2.75, 3.05) is 37.4 Å². The summed E-state index contributed by atoms with van der Waals surface area (Å²) in [6, 6.07) is 14.1. The highest BCUT2D eigenvalue weighted by Gasteiger charge is 2.26. The van der Waals surface area contributed by atoms with Crippen LogP contribution in [0.15, 0.2) is 59.6 Å². The maximum Gasteiger partial charge on any atom is 0.243 e. The molecule has 2 heterocycles. The van der Waals surface area contributed by atoms with E-state index >= 15 is 0 Å². The number of benzene rings is 2. The summed E-state index contributed by atoms with van der Waals surface area (Å²) in [7, 11) is -3.58. The average molecular weight is 426 g/mol. The van der Waals surface area contributed by atoms with Gasteiger partial charge in [-0.1, -0.05) is 18.2 Å². The molecule has 0 atom stereocenters. The first kappa shape index (κ1) is 20.3. The lowest BCUT2D eigenvalue weighted by Crippen LogP contribution is -2.40. The van der Waals surface area contributed by atoms with E-state index in [1.54, 1.807) is 30.5 Å². The number of hydrogen-bond acceptors (Lipinski definition) is 7. The Kier molecular flexibility index (Phi) is 5.67. The predicted octanol–water partition coefficient (Wildman–Crippen LogP) is 2.80. The number of aromatic nitrogens is 2. The summed E-state index contributed by atoms with van der Waals surface area (Å²) in [5.74, 6) is 0.383. The Morgan fingerprint density at radius 2 is 1.83 bits per heavy atom. The summed E-state index contributed by atoms with van der Waals surface area (Å²) in [4.78, 5) is 9.17. The third kappa shape index (κ3) is 4.28. The van der Waals surface area contributed by atoms with Gasteiger partial charge in [0.25, 0.3) is 0 Å². The van der Waals surface area contributed by atoms with Gasteiger partial charge in [0.1, 0.15) is 0 Å². The maximum atomic E-state index is 12.9. The first-order valence-electron chi connectivity index (χ1n) is 9.58. The van der Waals surface area contributed by atoms with Gasteiger partial charge in [0, 0.05) is 36.2 Å². The van der Waals surface area contributed by atoms with Gasteiger partial charge < -0.3 is 15.8 Å². The molecule has 1 aliphatic rings. The molecule has 1 aliphatic heterocycles. The van der Waals surface area contributed by atoms with Crippen molar-refractivity contribution < 1.29 is 13.2 Å². The third-order valence-corrected chi connectivity index (χ3v) is 6.75. The number of nitrogen functional groups attached to an aromatic ring is 1. The monoisotopic (exact) mass is 425 g/mol. The van der Waals surface area contributed by atoms with Crippen molar-refractivity contribution in [1.29, 1.82) is 0 Å². The molecule has 3 aromatic rings. The molecule has 9 heteroatoms. The maximum absolute atomic E-state index is 12.9. The Hall–Kier alpha value is -3.01. The standard InChI is InChI=1S/C21H23N5O3S/c1-15-14-23-21(25-20(15)16-5-7-17(22)8-6-16)24-18-3-2-4-19(13-18)30(27,28)26-9-11-29-12-10-26/h2-8,13-14H,9-12,22H2,1H3,(H,23,24,25). The van der Waals surface area contributed by atoms with Crippen molar-refractivity contribution in [3.8, 4) is 11.3 Å². The van der Waals surface area contributed by atoms with Gasteiger partial charge in [-0.05, 0) is 42.8 Å². The quantitative estimate of drug-likeness (QED) is 0.605. The lowest BCUT2D eigenvalue weighted by atomic mass is 10.1. The van der Waals surface area contributed by atoms with Crippen LogP contribution in [0.2, 0.25) is 0 Å². The van der Waals surface area contributed by atoms with Gasteiger partial charge in [-0.2, -0.15) is 4.31 Å². The Morgan fingerprint density at radius 3 is 2.57 bits per heavy atom. The number of sulfonamides is 1. The fourth-order valence-corrected chi connectivity index (χ4v) is 4.69. The highest BCUT2D eigenvalue weighted by molar-refractivity contribution is 7.89. The van der Waals surface area contributed by atoms with Crippen LogP contribution >= 0.6 is 0 Å². The largest absolute Gasteiger partial charge is 0.399 e. The van der Waals surface area contributed by atoms with E-state index in [1.165, 1.54) is 4.31 Å². The normalized spacial score (nSPS) is 15.1. The van der Waals surface area contributed by atoms with Crippen LogP contribution in [0.4, 0.5) is 17.3 Å². The second kappa shape index (κ2) is 8.39. The molecule has 8 nitrogen and oxygen atoms in total. The van der Waals surface area contributed by atoms with Crippen molar-refractivity contribution in [3.05, 3.63) is 60.3 Å². The molecule has 0 unspecified atom stereocenters. The van der Waals surface area contributed by atoms with Gasteiger partial charge in [0.2, 0.25) is 16.0 Å². The highest BCUT2D eigenvalue weighted by Crippen LogP contribution is 2.25. The summed E-state index contributed by atoms with van der Waals surface area (Å²) in [6.07, 6.45) is 1.73. The first-order chi connectivity index (χ1) is 14.4. The molecule has 0 spiro atoms. The lowest BCUT2D eigenvalue weighted by Gasteiger charge is -2.26. The van der Waals surface area contributed by atoms with Crippen molar-refractivity contribution >= 4 is 27.3 Å². The van der Waals surface area contributed by atoms with Crippen LogP contribution in [0, 0.1) is 6.92 Å². The molecular formula is C21H23N5O3S. The molecule has 0 saturated carbocycles. The minimum atomic E-state index is -3.58. The average Bonchev–Trinajstić information content (AvgIpc) is 2.77. The number of ether oxygens (including phenoxy) is 1. The number of hydrogen-bond donors (Lipinski definition) is 2. The van der Waals surface area contributed by atoms with Crippen LogP contribution in [0.3, 0.4) is 0 Å². The Balaban J connectivity index is 1.60. The topological polar surface area (TPSA) is 110 Å². The van der Waals surface area contributed by atoms with Crippen LogP contribution in [0.25, 0.3) is 11.3 Å². The summed E-state index contributed by atoms with van der Waals surface area (Å²) < 4.78 is 32.5. The number of nitrogens with two attached hydrogens (primary N) is 1. The molecule has 2 aromatic carbocycles. The van der Waals surface area contributed by atoms with Crippen molar-refractivity contribution in [3.63, 3.8) is 0 Å². The predicted molar refractivity (Wildman–Crippen MR) is 116 cm³/mol. The van der Waals surface area contributed by atoms with Crippen LogP contribution in [0.5, 0.6) is 0 Å². The van der Waals surface area contributed by atoms with Gasteiger partial charge in [-0.15, -0.1) is 0 Å². The molecule has 1 aromatic heterocycles. The number of nitrogens with one attached hydrogen (secondary N) is 1. The Bertz CT molecular complexity index is 1140. The SMILES string of the molecule is Cc1cnc(Nc2cccc(S(=O)(=O)N3CCOCC3)c2)nc1-c1ccc(N)cc1. The van der Waals surface area contributed by atoms with Gasteiger partial charge in [0.05, 0.1) is 23.8 Å². The zero-order chi connectivity index (χ0) is 21.1. The van der Waals surface area contributed by atoms with Gasteiger partial charge >= 0.3 is 0 Å². The smallest absolute Gasteiger partial charge is 0.243 e. The molecule has 4 rings (SSSR count). The van der Waals surface area contributed by atoms with Crippen LogP contribution in [0.1, 0.15) is 5.56 Å². The van der Waals surface area contributed by atoms with E-state index in [1.807, 2.05) is 31.2 Å². The molecule has 0 radical (unpaired) electrons. The van der Waals surface area contributed by atoms with Gasteiger partial charge in [0.15, 0.2) is 0 Å². The fourth-order valence-electron chi connectivity index (χ4n) is 3.23. The van der Waals surface area contributed by atoms with E-state index in [2.05, 4.69) is 15.3 Å². The van der Waals surface area contributed by atoms with E-state index < -0.39 is 10.0 Å². The number of nitrogens with zero attached hydrogens (tertiary/aromatic N) is 3. The summed E-state index contributed by atoms with van der Waals surface area (Å²) >= 11 is 0. The molecule has 1 saturated heterocycles. The van der Waals surface area contributed by atoms with E-state index in [0.29, 0.717) is 43.6 Å². The van der Waals surface area contributed by atoms with Gasteiger partial charge in [-0.25, -0.2) is 18.4 Å². The zero-order valence-electron chi connectivity index (χ0n) is 16.6. The van der Waals surface area contributed by atoms with Crippen LogP contribution in [-0.4, -0.2) is 49.0 Å². The summed E-state index contributed by atoms with van der Waals surface area (Å²) in [6.45, 7) is 3.45. The molecule has 0 aliphatic carbocycles.